The molecule has 0 aliphatic rings. The van der Waals surface area contributed by atoms with Gasteiger partial charge in [0.1, 0.15) is 5.97 Å². The van der Waals surface area contributed by atoms with E-state index >= 15 is 0 Å². The van der Waals surface area contributed by atoms with Crippen LogP contribution in [0.4, 0.5) is 0 Å². The Morgan fingerprint density at radius 3 is 1.50 bits per heavy atom. The number of aliphatic carboxylic acids is 1. The van der Waals surface area contributed by atoms with Crippen molar-refractivity contribution >= 4 is 5.97 Å². The highest BCUT2D eigenvalue weighted by Gasteiger charge is 2.31. The van der Waals surface area contributed by atoms with Crippen molar-refractivity contribution < 1.29 is 24.1 Å². The first-order valence-electron chi connectivity index (χ1n) is 2.50. The number of methoxy groups -OCH3 is 3. The first-order valence-corrected chi connectivity index (χ1v) is 2.50. The number of ether oxygens (including phenoxy) is 3. The first kappa shape index (κ1) is 9.35. The van der Waals surface area contributed by atoms with Crippen LogP contribution in [0.1, 0.15) is 0 Å². The molecular weight excluding hydrogens is 140 g/mol. The third-order valence-corrected chi connectivity index (χ3v) is 1.06. The van der Waals surface area contributed by atoms with E-state index in [-0.39, 0.29) is 0 Å². The minimum atomic E-state index is -2.07. The van der Waals surface area contributed by atoms with Crippen molar-refractivity contribution in [3.63, 3.8) is 0 Å². The van der Waals surface area contributed by atoms with Crippen LogP contribution in [0.2, 0.25) is 0 Å². The molecular formula is C5H9O5-. The average Bonchev–Trinajstić information content (AvgIpc) is 1.92. The molecule has 5 heteroatoms. The van der Waals surface area contributed by atoms with Gasteiger partial charge in [-0.15, -0.1) is 0 Å². The molecule has 0 fully saturated rings. The lowest BCUT2D eigenvalue weighted by molar-refractivity contribution is -0.405. The third-order valence-electron chi connectivity index (χ3n) is 1.06. The van der Waals surface area contributed by atoms with E-state index in [9.17, 15) is 9.90 Å². The molecule has 0 aromatic rings. The molecule has 0 aromatic heterocycles. The molecule has 0 saturated heterocycles. The summed E-state index contributed by atoms with van der Waals surface area (Å²) in [7, 11) is 3.42. The van der Waals surface area contributed by atoms with Gasteiger partial charge in [-0.2, -0.15) is 0 Å². The average molecular weight is 149 g/mol. The number of hydrogen-bond donors (Lipinski definition) is 0. The van der Waals surface area contributed by atoms with Gasteiger partial charge in [0, 0.05) is 21.3 Å². The SMILES string of the molecule is COC(OC)(OC)C(=O)[O-]. The molecule has 0 radical (unpaired) electrons. The van der Waals surface area contributed by atoms with Gasteiger partial charge >= 0.3 is 5.97 Å². The standard InChI is InChI=1S/C5H10O5/c1-8-5(9-2,10-3)4(6)7/h1-3H3,(H,6,7)/p-1. The highest BCUT2D eigenvalue weighted by Crippen LogP contribution is 2.09. The fourth-order valence-corrected chi connectivity index (χ4v) is 0.500. The van der Waals surface area contributed by atoms with E-state index in [2.05, 4.69) is 14.2 Å². The predicted molar refractivity (Wildman–Crippen MR) is 28.8 cm³/mol. The van der Waals surface area contributed by atoms with Gasteiger partial charge in [-0.05, 0) is 0 Å². The number of carboxylic acid groups (broad SMARTS) is 1. The van der Waals surface area contributed by atoms with Crippen LogP contribution < -0.4 is 5.11 Å². The van der Waals surface area contributed by atoms with E-state index in [4.69, 9.17) is 0 Å². The monoisotopic (exact) mass is 149 g/mol. The van der Waals surface area contributed by atoms with Crippen LogP contribution in [-0.2, 0) is 19.0 Å². The Labute approximate surface area is 58.5 Å². The van der Waals surface area contributed by atoms with Crippen LogP contribution >= 0.6 is 0 Å². The molecule has 0 rings (SSSR count). The summed E-state index contributed by atoms with van der Waals surface area (Å²) < 4.78 is 13.2. The Balaban J connectivity index is 4.31. The lowest BCUT2D eigenvalue weighted by Crippen LogP contribution is -2.52. The van der Waals surface area contributed by atoms with Gasteiger partial charge < -0.3 is 24.1 Å². The summed E-state index contributed by atoms with van der Waals surface area (Å²) in [5.74, 6) is -3.64. The van der Waals surface area contributed by atoms with Crippen LogP contribution in [0.3, 0.4) is 0 Å². The molecule has 0 bridgehead atoms. The first-order chi connectivity index (χ1) is 4.63. The molecule has 0 aliphatic carbocycles. The van der Waals surface area contributed by atoms with Crippen molar-refractivity contribution in [3.05, 3.63) is 0 Å². The Bertz CT molecular complexity index is 109. The molecule has 0 heterocycles. The summed E-state index contributed by atoms with van der Waals surface area (Å²) in [6.07, 6.45) is 0. The summed E-state index contributed by atoms with van der Waals surface area (Å²) >= 11 is 0. The van der Waals surface area contributed by atoms with Crippen molar-refractivity contribution in [2.45, 2.75) is 5.97 Å². The van der Waals surface area contributed by atoms with Crippen LogP contribution in [0.15, 0.2) is 0 Å². The van der Waals surface area contributed by atoms with Gasteiger partial charge in [-0.1, -0.05) is 0 Å². The van der Waals surface area contributed by atoms with Gasteiger partial charge in [0.25, 0.3) is 0 Å². The number of carbonyl (C=O) groups is 1. The fourth-order valence-electron chi connectivity index (χ4n) is 0.500. The maximum Gasteiger partial charge on any atom is 0.326 e. The molecule has 0 N–H and O–H groups in total. The van der Waals surface area contributed by atoms with Crippen molar-refractivity contribution in [3.8, 4) is 0 Å². The second kappa shape index (κ2) is 3.50. The lowest BCUT2D eigenvalue weighted by atomic mass is 10.5. The Hall–Kier alpha value is -0.650. The van der Waals surface area contributed by atoms with Gasteiger partial charge in [-0.25, -0.2) is 0 Å². The highest BCUT2D eigenvalue weighted by atomic mass is 16.9. The normalized spacial score (nSPS) is 11.5. The number of rotatable bonds is 4. The smallest absolute Gasteiger partial charge is 0.326 e. The Kier molecular flexibility index (Phi) is 3.27. The maximum atomic E-state index is 10.2. The zero-order valence-electron chi connectivity index (χ0n) is 6.04. The van der Waals surface area contributed by atoms with Crippen molar-refractivity contribution in [1.82, 2.24) is 0 Å². The molecule has 0 aromatic carbocycles. The van der Waals surface area contributed by atoms with E-state index in [1.807, 2.05) is 0 Å². The summed E-state index contributed by atoms with van der Waals surface area (Å²) in [5, 5.41) is 10.2. The Morgan fingerprint density at radius 1 is 1.20 bits per heavy atom. The summed E-state index contributed by atoms with van der Waals surface area (Å²) in [6.45, 7) is 0. The van der Waals surface area contributed by atoms with Gasteiger partial charge in [0.05, 0.1) is 0 Å². The molecule has 0 spiro atoms. The molecule has 0 amide bonds. The molecule has 0 saturated carbocycles. The van der Waals surface area contributed by atoms with Crippen LogP contribution in [-0.4, -0.2) is 33.3 Å². The van der Waals surface area contributed by atoms with Crippen molar-refractivity contribution in [2.24, 2.45) is 0 Å². The lowest BCUT2D eigenvalue weighted by Gasteiger charge is -2.28. The zero-order valence-corrected chi connectivity index (χ0v) is 6.04. The van der Waals surface area contributed by atoms with E-state index in [0.29, 0.717) is 0 Å². The third kappa shape index (κ3) is 1.44. The number of hydrogen-bond acceptors (Lipinski definition) is 5. The summed E-state index contributed by atoms with van der Waals surface area (Å²) in [5.41, 5.74) is 0. The van der Waals surface area contributed by atoms with E-state index in [1.54, 1.807) is 0 Å². The maximum absolute atomic E-state index is 10.2. The zero-order chi connectivity index (χ0) is 8.20. The van der Waals surface area contributed by atoms with Crippen LogP contribution in [0.5, 0.6) is 0 Å². The molecule has 10 heavy (non-hydrogen) atoms. The highest BCUT2D eigenvalue weighted by molar-refractivity contribution is 5.71. The van der Waals surface area contributed by atoms with Crippen LogP contribution in [0, 0.1) is 0 Å². The van der Waals surface area contributed by atoms with E-state index in [1.165, 1.54) is 0 Å². The fraction of sp³-hybridized carbons (Fsp3) is 0.800. The minimum Gasteiger partial charge on any atom is -0.542 e. The molecule has 0 aliphatic heterocycles. The van der Waals surface area contributed by atoms with Crippen molar-refractivity contribution in [2.75, 3.05) is 21.3 Å². The van der Waals surface area contributed by atoms with Gasteiger partial charge in [0.2, 0.25) is 0 Å². The van der Waals surface area contributed by atoms with E-state index in [0.717, 1.165) is 21.3 Å². The van der Waals surface area contributed by atoms with Crippen LogP contribution in [0.25, 0.3) is 0 Å². The molecule has 0 unspecified atom stereocenters. The number of carboxylic acids is 1. The number of carbonyl (C=O) groups excluding carboxylic acids is 1. The van der Waals surface area contributed by atoms with E-state index < -0.39 is 11.9 Å². The molecule has 0 atom stereocenters. The predicted octanol–water partition coefficient (Wildman–Crippen LogP) is -1.67. The minimum absolute atomic E-state index is 1.14. The largest absolute Gasteiger partial charge is 0.542 e. The van der Waals surface area contributed by atoms with Gasteiger partial charge in [-0.3, -0.25) is 0 Å². The quantitative estimate of drug-likeness (QED) is 0.447. The summed E-state index contributed by atoms with van der Waals surface area (Å²) in [4.78, 5) is 10.2. The second-order valence-corrected chi connectivity index (χ2v) is 1.46. The molecule has 60 valence electrons. The van der Waals surface area contributed by atoms with Gasteiger partial charge in [0.15, 0.2) is 0 Å². The summed E-state index contributed by atoms with van der Waals surface area (Å²) in [6, 6.07) is 0. The topological polar surface area (TPSA) is 67.8 Å². The molecule has 5 nitrogen and oxygen atoms in total. The second-order valence-electron chi connectivity index (χ2n) is 1.46. The van der Waals surface area contributed by atoms with Crippen molar-refractivity contribution in [1.29, 1.82) is 0 Å². The Morgan fingerprint density at radius 2 is 1.50 bits per heavy atom.